The molecule has 1 saturated heterocycles. The highest BCUT2D eigenvalue weighted by Crippen LogP contribution is 2.40. The molecule has 0 saturated carbocycles. The van der Waals surface area contributed by atoms with Crippen molar-refractivity contribution < 1.29 is 14.0 Å². The minimum absolute atomic E-state index is 0.189. The summed E-state index contributed by atoms with van der Waals surface area (Å²) >= 11 is 0. The van der Waals surface area contributed by atoms with Gasteiger partial charge in [0.1, 0.15) is 6.26 Å². The lowest BCUT2D eigenvalue weighted by molar-refractivity contribution is -0.140. The number of aromatic nitrogens is 3. The Kier molecular flexibility index (Phi) is 4.04. The molecule has 2 aromatic rings. The molecule has 24 heavy (non-hydrogen) atoms. The van der Waals surface area contributed by atoms with E-state index in [1.807, 2.05) is 0 Å². The average molecular weight is 329 g/mol. The van der Waals surface area contributed by atoms with Gasteiger partial charge >= 0.3 is 0 Å². The van der Waals surface area contributed by atoms with Gasteiger partial charge in [-0.1, -0.05) is 0 Å². The first kappa shape index (κ1) is 16.1. The van der Waals surface area contributed by atoms with Gasteiger partial charge in [-0.05, 0) is 12.8 Å². The third-order valence-electron chi connectivity index (χ3n) is 4.21. The Morgan fingerprint density at radius 1 is 1.33 bits per heavy atom. The first-order valence-corrected chi connectivity index (χ1v) is 7.69. The second-order valence-corrected chi connectivity index (χ2v) is 5.96. The molecule has 0 aromatic carbocycles. The van der Waals surface area contributed by atoms with E-state index in [9.17, 15) is 9.59 Å². The van der Waals surface area contributed by atoms with Crippen molar-refractivity contribution in [3.8, 4) is 0 Å². The molecule has 0 bridgehead atoms. The van der Waals surface area contributed by atoms with Crippen LogP contribution in [0.1, 0.15) is 34.9 Å². The summed E-state index contributed by atoms with van der Waals surface area (Å²) in [6, 6.07) is 0. The molecule has 1 unspecified atom stereocenters. The van der Waals surface area contributed by atoms with Crippen LogP contribution in [0.5, 0.6) is 0 Å². The Balaban J connectivity index is 2.10. The lowest BCUT2D eigenvalue weighted by atomic mass is 9.90. The first-order valence-electron chi connectivity index (χ1n) is 7.69. The fourth-order valence-corrected chi connectivity index (χ4v) is 3.17. The van der Waals surface area contributed by atoms with Gasteiger partial charge in [0.2, 0.25) is 0 Å². The molecule has 0 spiro atoms. The van der Waals surface area contributed by atoms with Crippen LogP contribution in [0.2, 0.25) is 0 Å². The number of nitrogens with zero attached hydrogens (tertiary/aromatic N) is 5. The van der Waals surface area contributed by atoms with E-state index in [0.29, 0.717) is 31.0 Å². The summed E-state index contributed by atoms with van der Waals surface area (Å²) in [5.74, 6) is -0.138. The van der Waals surface area contributed by atoms with Crippen molar-refractivity contribution in [2.24, 2.45) is 0 Å². The SMILES string of the molecule is Cc1nc(C(=O)N2CCCC2(C(=O)N(C)C)c2cnccn2)co1. The van der Waals surface area contributed by atoms with Crippen molar-refractivity contribution >= 4 is 11.8 Å². The molecule has 1 aliphatic rings. The molecular formula is C16H19N5O3. The third kappa shape index (κ3) is 2.44. The van der Waals surface area contributed by atoms with Gasteiger partial charge in [-0.3, -0.25) is 19.6 Å². The third-order valence-corrected chi connectivity index (χ3v) is 4.21. The summed E-state index contributed by atoms with van der Waals surface area (Å²) in [5, 5.41) is 0. The number of aryl methyl sites for hydroxylation is 1. The molecule has 8 nitrogen and oxygen atoms in total. The topological polar surface area (TPSA) is 92.4 Å². The maximum Gasteiger partial charge on any atom is 0.277 e. The van der Waals surface area contributed by atoms with E-state index in [4.69, 9.17) is 4.42 Å². The smallest absolute Gasteiger partial charge is 0.277 e. The Hall–Kier alpha value is -2.77. The molecule has 8 heteroatoms. The second kappa shape index (κ2) is 6.03. The zero-order valence-corrected chi connectivity index (χ0v) is 13.9. The molecule has 0 aliphatic carbocycles. The molecule has 3 heterocycles. The Bertz CT molecular complexity index is 758. The van der Waals surface area contributed by atoms with E-state index in [0.717, 1.165) is 0 Å². The monoisotopic (exact) mass is 329 g/mol. The molecule has 1 fully saturated rings. The Morgan fingerprint density at radius 3 is 2.71 bits per heavy atom. The van der Waals surface area contributed by atoms with Crippen LogP contribution in [0.4, 0.5) is 0 Å². The van der Waals surface area contributed by atoms with Gasteiger partial charge in [0, 0.05) is 40.0 Å². The van der Waals surface area contributed by atoms with Gasteiger partial charge in [-0.2, -0.15) is 0 Å². The summed E-state index contributed by atoms with van der Waals surface area (Å²) < 4.78 is 5.15. The molecule has 2 amide bonds. The number of amides is 2. The van der Waals surface area contributed by atoms with Crippen LogP contribution in [0.15, 0.2) is 29.3 Å². The van der Waals surface area contributed by atoms with Gasteiger partial charge in [0.05, 0.1) is 11.9 Å². The van der Waals surface area contributed by atoms with Crippen molar-refractivity contribution in [2.45, 2.75) is 25.3 Å². The molecule has 0 radical (unpaired) electrons. The minimum atomic E-state index is -1.16. The lowest BCUT2D eigenvalue weighted by Gasteiger charge is -2.37. The number of rotatable bonds is 3. The summed E-state index contributed by atoms with van der Waals surface area (Å²) in [4.78, 5) is 41.5. The fourth-order valence-electron chi connectivity index (χ4n) is 3.17. The van der Waals surface area contributed by atoms with Crippen LogP contribution >= 0.6 is 0 Å². The second-order valence-electron chi connectivity index (χ2n) is 5.96. The first-order chi connectivity index (χ1) is 11.5. The van der Waals surface area contributed by atoms with Gasteiger partial charge in [0.25, 0.3) is 11.8 Å². The number of hydrogen-bond acceptors (Lipinski definition) is 6. The van der Waals surface area contributed by atoms with Crippen molar-refractivity contribution in [2.75, 3.05) is 20.6 Å². The number of carbonyl (C=O) groups is 2. The van der Waals surface area contributed by atoms with E-state index < -0.39 is 5.54 Å². The zero-order chi connectivity index (χ0) is 17.3. The molecule has 2 aromatic heterocycles. The van der Waals surface area contributed by atoms with Gasteiger partial charge in [0.15, 0.2) is 17.1 Å². The van der Waals surface area contributed by atoms with Crippen LogP contribution in [0.25, 0.3) is 0 Å². The van der Waals surface area contributed by atoms with Crippen LogP contribution in [0, 0.1) is 6.92 Å². The van der Waals surface area contributed by atoms with Gasteiger partial charge in [-0.25, -0.2) is 4.98 Å². The lowest BCUT2D eigenvalue weighted by Crippen LogP contribution is -2.55. The predicted octanol–water partition coefficient (Wildman–Crippen LogP) is 0.993. The number of oxazole rings is 1. The zero-order valence-electron chi connectivity index (χ0n) is 13.9. The highest BCUT2D eigenvalue weighted by Gasteiger charge is 2.53. The van der Waals surface area contributed by atoms with Crippen LogP contribution in [0.3, 0.4) is 0 Å². The van der Waals surface area contributed by atoms with Crippen molar-refractivity contribution in [3.63, 3.8) is 0 Å². The maximum atomic E-state index is 13.0. The summed E-state index contributed by atoms with van der Waals surface area (Å²) in [6.45, 7) is 2.11. The van der Waals surface area contributed by atoms with E-state index in [1.54, 1.807) is 33.4 Å². The number of likely N-dealkylation sites (tertiary alicyclic amines) is 1. The number of hydrogen-bond donors (Lipinski definition) is 0. The summed E-state index contributed by atoms with van der Waals surface area (Å²) in [7, 11) is 3.34. The van der Waals surface area contributed by atoms with E-state index in [-0.39, 0.29) is 17.5 Å². The largest absolute Gasteiger partial charge is 0.448 e. The normalized spacial score (nSPS) is 20.2. The number of likely N-dealkylation sites (N-methyl/N-ethyl adjacent to an activating group) is 1. The predicted molar refractivity (Wildman–Crippen MR) is 83.9 cm³/mol. The van der Waals surface area contributed by atoms with Crippen LogP contribution < -0.4 is 0 Å². The maximum absolute atomic E-state index is 13.0. The van der Waals surface area contributed by atoms with E-state index in [1.165, 1.54) is 22.3 Å². The van der Waals surface area contributed by atoms with Crippen molar-refractivity contribution in [1.82, 2.24) is 24.8 Å². The molecule has 126 valence electrons. The quantitative estimate of drug-likeness (QED) is 0.834. The van der Waals surface area contributed by atoms with E-state index in [2.05, 4.69) is 15.0 Å². The minimum Gasteiger partial charge on any atom is -0.448 e. The molecule has 1 aliphatic heterocycles. The number of carbonyl (C=O) groups excluding carboxylic acids is 2. The fraction of sp³-hybridized carbons (Fsp3) is 0.438. The molecular weight excluding hydrogens is 310 g/mol. The molecule has 0 N–H and O–H groups in total. The van der Waals surface area contributed by atoms with Crippen LogP contribution in [-0.2, 0) is 10.3 Å². The summed E-state index contributed by atoms with van der Waals surface area (Å²) in [6.07, 6.45) is 7.11. The van der Waals surface area contributed by atoms with E-state index >= 15 is 0 Å². The highest BCUT2D eigenvalue weighted by atomic mass is 16.3. The standard InChI is InChI=1S/C16H19N5O3/c1-11-19-12(10-24-11)14(22)21-8-4-5-16(21,15(23)20(2)3)13-9-17-6-7-18-13/h6-7,9-10H,4-5,8H2,1-3H3. The average Bonchev–Trinajstić information content (AvgIpc) is 3.21. The Morgan fingerprint density at radius 2 is 2.12 bits per heavy atom. The van der Waals surface area contributed by atoms with Crippen LogP contribution in [-0.4, -0.2) is 57.2 Å². The van der Waals surface area contributed by atoms with Gasteiger partial charge < -0.3 is 14.2 Å². The van der Waals surface area contributed by atoms with Crippen molar-refractivity contribution in [3.05, 3.63) is 42.1 Å². The van der Waals surface area contributed by atoms with Crippen molar-refractivity contribution in [1.29, 1.82) is 0 Å². The molecule has 1 atom stereocenters. The highest BCUT2D eigenvalue weighted by molar-refractivity contribution is 5.98. The summed E-state index contributed by atoms with van der Waals surface area (Å²) in [5.41, 5.74) is -0.509. The molecule has 3 rings (SSSR count). The van der Waals surface area contributed by atoms with Gasteiger partial charge in [-0.15, -0.1) is 0 Å². The Labute approximate surface area is 139 Å².